The maximum atomic E-state index is 6.00. The van der Waals surface area contributed by atoms with Crippen LogP contribution in [0.15, 0.2) is 34.6 Å². The Morgan fingerprint density at radius 2 is 2.00 bits per heavy atom. The Bertz CT molecular complexity index is 769. The van der Waals surface area contributed by atoms with Crippen LogP contribution in [0.5, 0.6) is 0 Å². The summed E-state index contributed by atoms with van der Waals surface area (Å²) in [6, 6.07) is 8.55. The summed E-state index contributed by atoms with van der Waals surface area (Å²) in [4.78, 5) is 11.5. The number of hydrogen-bond donors (Lipinski definition) is 1. The zero-order valence-electron chi connectivity index (χ0n) is 17.7. The van der Waals surface area contributed by atoms with Gasteiger partial charge >= 0.3 is 0 Å². The molecule has 0 radical (unpaired) electrons. The number of thiazole rings is 1. The molecule has 158 valence electrons. The molecule has 7 heteroatoms. The van der Waals surface area contributed by atoms with Crippen LogP contribution in [0.4, 0.5) is 0 Å². The van der Waals surface area contributed by atoms with E-state index >= 15 is 0 Å². The molecule has 0 bridgehead atoms. The molecule has 3 rings (SSSR count). The van der Waals surface area contributed by atoms with Gasteiger partial charge in [0, 0.05) is 32.2 Å². The molecule has 0 saturated carbocycles. The quantitative estimate of drug-likeness (QED) is 0.525. The minimum absolute atomic E-state index is 0.327. The summed E-state index contributed by atoms with van der Waals surface area (Å²) >= 11 is 1.68. The van der Waals surface area contributed by atoms with E-state index in [0.29, 0.717) is 19.3 Å². The number of hydrogen-bond acceptors (Lipinski definition) is 5. The zero-order chi connectivity index (χ0) is 20.5. The molecule has 0 spiro atoms. The highest BCUT2D eigenvalue weighted by Crippen LogP contribution is 2.14. The number of aromatic nitrogens is 1. The number of guanidine groups is 1. The highest BCUT2D eigenvalue weighted by Gasteiger charge is 2.14. The standard InChI is InChI=1S/C22H32N4O2S/c1-4-23-22(26(3)14-20-16-29-17(2)25-20)24-13-18-5-7-19(8-6-18)15-28-21-9-11-27-12-10-21/h5-8,16,21H,4,9-15H2,1-3H3,(H,23,24). The summed E-state index contributed by atoms with van der Waals surface area (Å²) in [5, 5.41) is 6.57. The van der Waals surface area contributed by atoms with Crippen LogP contribution < -0.4 is 5.32 Å². The summed E-state index contributed by atoms with van der Waals surface area (Å²) in [6.07, 6.45) is 2.31. The number of benzene rings is 1. The van der Waals surface area contributed by atoms with Crippen LogP contribution in [0.2, 0.25) is 0 Å². The third kappa shape index (κ3) is 7.10. The fraction of sp³-hybridized carbons (Fsp3) is 0.545. The molecule has 2 aromatic rings. The highest BCUT2D eigenvalue weighted by molar-refractivity contribution is 7.09. The number of nitrogens with zero attached hydrogens (tertiary/aromatic N) is 3. The van der Waals surface area contributed by atoms with E-state index in [-0.39, 0.29) is 0 Å². The molecule has 0 atom stereocenters. The van der Waals surface area contributed by atoms with Gasteiger partial charge in [0.05, 0.1) is 36.5 Å². The second kappa shape index (κ2) is 11.3. The minimum Gasteiger partial charge on any atom is -0.381 e. The third-order valence-electron chi connectivity index (χ3n) is 4.85. The van der Waals surface area contributed by atoms with E-state index in [2.05, 4.69) is 51.8 Å². The topological polar surface area (TPSA) is 59.0 Å². The largest absolute Gasteiger partial charge is 0.381 e. The molecule has 1 aliphatic heterocycles. The zero-order valence-corrected chi connectivity index (χ0v) is 18.5. The van der Waals surface area contributed by atoms with Gasteiger partial charge in [-0.25, -0.2) is 9.98 Å². The maximum absolute atomic E-state index is 6.00. The SMILES string of the molecule is CCNC(=NCc1ccc(COC2CCOCC2)cc1)N(C)Cc1csc(C)n1. The predicted octanol–water partition coefficient (Wildman–Crippen LogP) is 3.74. The Kier molecular flexibility index (Phi) is 8.46. The van der Waals surface area contributed by atoms with Gasteiger partial charge in [0.1, 0.15) is 0 Å². The number of rotatable bonds is 8. The van der Waals surface area contributed by atoms with Crippen molar-refractivity contribution in [2.75, 3.05) is 26.8 Å². The fourth-order valence-electron chi connectivity index (χ4n) is 3.23. The molecule has 29 heavy (non-hydrogen) atoms. The molecular formula is C22H32N4O2S. The second-order valence-electron chi connectivity index (χ2n) is 7.32. The van der Waals surface area contributed by atoms with Crippen LogP contribution in [0, 0.1) is 6.92 Å². The van der Waals surface area contributed by atoms with Crippen molar-refractivity contribution in [2.45, 2.75) is 52.5 Å². The van der Waals surface area contributed by atoms with Crippen molar-refractivity contribution in [3.05, 3.63) is 51.5 Å². The van der Waals surface area contributed by atoms with Crippen molar-refractivity contribution >= 4 is 17.3 Å². The summed E-state index contributed by atoms with van der Waals surface area (Å²) in [7, 11) is 2.05. The first-order valence-electron chi connectivity index (χ1n) is 10.3. The fourth-order valence-corrected chi connectivity index (χ4v) is 3.84. The summed E-state index contributed by atoms with van der Waals surface area (Å²) in [6.45, 7) is 8.63. The first-order chi connectivity index (χ1) is 14.1. The molecule has 0 amide bonds. The average molecular weight is 417 g/mol. The highest BCUT2D eigenvalue weighted by atomic mass is 32.1. The molecule has 1 aliphatic rings. The number of aryl methyl sites for hydroxylation is 1. The minimum atomic E-state index is 0.327. The van der Waals surface area contributed by atoms with E-state index in [9.17, 15) is 0 Å². The van der Waals surface area contributed by atoms with Crippen LogP contribution in [-0.4, -0.2) is 48.8 Å². The van der Waals surface area contributed by atoms with Gasteiger partial charge in [0.15, 0.2) is 5.96 Å². The van der Waals surface area contributed by atoms with E-state index < -0.39 is 0 Å². The molecule has 1 aromatic carbocycles. The van der Waals surface area contributed by atoms with E-state index in [0.717, 1.165) is 55.8 Å². The normalized spacial score (nSPS) is 15.5. The van der Waals surface area contributed by atoms with Crippen molar-refractivity contribution in [3.8, 4) is 0 Å². The Hall–Kier alpha value is -1.96. The van der Waals surface area contributed by atoms with E-state index in [1.165, 1.54) is 11.1 Å². The summed E-state index contributed by atoms with van der Waals surface area (Å²) in [5.74, 6) is 0.894. The summed E-state index contributed by atoms with van der Waals surface area (Å²) in [5.41, 5.74) is 3.47. The molecule has 1 saturated heterocycles. The molecule has 6 nitrogen and oxygen atoms in total. The third-order valence-corrected chi connectivity index (χ3v) is 5.67. The Balaban J connectivity index is 1.52. The first kappa shape index (κ1) is 21.7. The number of ether oxygens (including phenoxy) is 2. The molecule has 0 unspecified atom stereocenters. The van der Waals surface area contributed by atoms with Crippen molar-refractivity contribution in [1.82, 2.24) is 15.2 Å². The van der Waals surface area contributed by atoms with Gasteiger partial charge in [-0.2, -0.15) is 0 Å². The van der Waals surface area contributed by atoms with E-state index in [4.69, 9.17) is 14.5 Å². The molecular weight excluding hydrogens is 384 g/mol. The van der Waals surface area contributed by atoms with Gasteiger partial charge in [0.25, 0.3) is 0 Å². The van der Waals surface area contributed by atoms with Gasteiger partial charge < -0.3 is 19.7 Å². The first-order valence-corrected chi connectivity index (χ1v) is 11.2. The molecule has 1 aromatic heterocycles. The van der Waals surface area contributed by atoms with Crippen molar-refractivity contribution in [1.29, 1.82) is 0 Å². The lowest BCUT2D eigenvalue weighted by atomic mass is 10.1. The Morgan fingerprint density at radius 3 is 2.66 bits per heavy atom. The van der Waals surface area contributed by atoms with Gasteiger partial charge in [-0.05, 0) is 37.8 Å². The van der Waals surface area contributed by atoms with Gasteiger partial charge in [0.2, 0.25) is 0 Å². The van der Waals surface area contributed by atoms with Crippen LogP contribution in [-0.2, 0) is 29.2 Å². The molecule has 1 fully saturated rings. The number of aliphatic imine (C=N–C) groups is 1. The van der Waals surface area contributed by atoms with Crippen molar-refractivity contribution in [3.63, 3.8) is 0 Å². The lowest BCUT2D eigenvalue weighted by molar-refractivity contribution is -0.0390. The van der Waals surface area contributed by atoms with Crippen LogP contribution >= 0.6 is 11.3 Å². The monoisotopic (exact) mass is 416 g/mol. The van der Waals surface area contributed by atoms with Crippen LogP contribution in [0.25, 0.3) is 0 Å². The Morgan fingerprint density at radius 1 is 1.28 bits per heavy atom. The van der Waals surface area contributed by atoms with Crippen molar-refractivity contribution < 1.29 is 9.47 Å². The van der Waals surface area contributed by atoms with Crippen LogP contribution in [0.3, 0.4) is 0 Å². The molecule has 2 heterocycles. The predicted molar refractivity (Wildman–Crippen MR) is 118 cm³/mol. The molecule has 0 aliphatic carbocycles. The van der Waals surface area contributed by atoms with Crippen LogP contribution in [0.1, 0.15) is 41.6 Å². The van der Waals surface area contributed by atoms with Crippen molar-refractivity contribution in [2.24, 2.45) is 4.99 Å². The van der Waals surface area contributed by atoms with E-state index in [1.54, 1.807) is 11.3 Å². The Labute approximate surface area is 178 Å². The smallest absolute Gasteiger partial charge is 0.194 e. The van der Waals surface area contributed by atoms with E-state index in [1.807, 2.05) is 14.0 Å². The van der Waals surface area contributed by atoms with Gasteiger partial charge in [-0.15, -0.1) is 11.3 Å². The second-order valence-corrected chi connectivity index (χ2v) is 8.39. The summed E-state index contributed by atoms with van der Waals surface area (Å²) < 4.78 is 11.4. The number of nitrogens with one attached hydrogen (secondary N) is 1. The average Bonchev–Trinajstić information content (AvgIpc) is 3.15. The molecule has 1 N–H and O–H groups in total. The van der Waals surface area contributed by atoms with Gasteiger partial charge in [-0.3, -0.25) is 0 Å². The van der Waals surface area contributed by atoms with Gasteiger partial charge in [-0.1, -0.05) is 24.3 Å². The lowest BCUT2D eigenvalue weighted by Crippen LogP contribution is -2.38. The maximum Gasteiger partial charge on any atom is 0.194 e. The lowest BCUT2D eigenvalue weighted by Gasteiger charge is -2.22.